The van der Waals surface area contributed by atoms with Gasteiger partial charge in [-0.3, -0.25) is 0 Å². The Bertz CT molecular complexity index is 399. The highest BCUT2D eigenvalue weighted by atomic mass is 16.5. The average Bonchev–Trinajstić information content (AvgIpc) is 2.35. The van der Waals surface area contributed by atoms with Gasteiger partial charge in [0.1, 0.15) is 17.6 Å². The highest BCUT2D eigenvalue weighted by Crippen LogP contribution is 2.38. The van der Waals surface area contributed by atoms with Gasteiger partial charge in [-0.15, -0.1) is 6.58 Å². The van der Waals surface area contributed by atoms with E-state index >= 15 is 0 Å². The minimum Gasteiger partial charge on any atom is -0.496 e. The summed E-state index contributed by atoms with van der Waals surface area (Å²) in [6, 6.07) is 3.38. The smallest absolute Gasteiger partial charge is 0.125 e. The Morgan fingerprint density at radius 1 is 1.12 bits per heavy atom. The van der Waals surface area contributed by atoms with E-state index in [9.17, 15) is 10.2 Å². The van der Waals surface area contributed by atoms with Gasteiger partial charge in [-0.25, -0.2) is 0 Å². The summed E-state index contributed by atoms with van der Waals surface area (Å²) in [6.45, 7) is 5.15. The first kappa shape index (κ1) is 13.5. The number of methoxy groups -OCH3 is 2. The maximum absolute atomic E-state index is 9.93. The van der Waals surface area contributed by atoms with Crippen LogP contribution in [0.5, 0.6) is 11.5 Å². The van der Waals surface area contributed by atoms with Crippen molar-refractivity contribution in [1.82, 2.24) is 0 Å². The van der Waals surface area contributed by atoms with E-state index in [-0.39, 0.29) is 0 Å². The lowest BCUT2D eigenvalue weighted by molar-refractivity contribution is 0.179. The number of ether oxygens (including phenoxy) is 2. The van der Waals surface area contributed by atoms with Gasteiger partial charge in [-0.2, -0.15) is 0 Å². The van der Waals surface area contributed by atoms with E-state index in [1.807, 2.05) is 0 Å². The summed E-state index contributed by atoms with van der Waals surface area (Å²) in [6.07, 6.45) is -0.308. The van der Waals surface area contributed by atoms with E-state index in [4.69, 9.17) is 9.47 Å². The molecule has 17 heavy (non-hydrogen) atoms. The Hall–Kier alpha value is -1.52. The topological polar surface area (TPSA) is 58.9 Å². The Morgan fingerprint density at radius 3 is 1.94 bits per heavy atom. The molecule has 4 nitrogen and oxygen atoms in total. The fourth-order valence-corrected chi connectivity index (χ4v) is 1.81. The normalized spacial score (nSPS) is 13.9. The Balaban J connectivity index is 3.51. The molecule has 2 atom stereocenters. The Labute approximate surface area is 101 Å². The molecule has 0 aliphatic heterocycles. The van der Waals surface area contributed by atoms with Crippen LogP contribution in [0.4, 0.5) is 0 Å². The van der Waals surface area contributed by atoms with Gasteiger partial charge in [0.2, 0.25) is 0 Å². The predicted molar refractivity (Wildman–Crippen MR) is 65.3 cm³/mol. The molecule has 0 fully saturated rings. The molecule has 0 heterocycles. The van der Waals surface area contributed by atoms with Crippen LogP contribution in [-0.4, -0.2) is 24.4 Å². The summed E-state index contributed by atoms with van der Waals surface area (Å²) in [5, 5.41) is 19.7. The SMILES string of the molecule is C=C[C@@H](O)c1c(OC)ccc(OC)c1[C@H](C)O. The van der Waals surface area contributed by atoms with Crippen molar-refractivity contribution >= 4 is 0 Å². The molecule has 0 aliphatic rings. The summed E-state index contributed by atoms with van der Waals surface area (Å²) in [5.41, 5.74) is 0.996. The lowest BCUT2D eigenvalue weighted by atomic mass is 9.96. The fourth-order valence-electron chi connectivity index (χ4n) is 1.81. The summed E-state index contributed by atoms with van der Waals surface area (Å²) in [4.78, 5) is 0. The van der Waals surface area contributed by atoms with Gasteiger partial charge < -0.3 is 19.7 Å². The summed E-state index contributed by atoms with van der Waals surface area (Å²) >= 11 is 0. The lowest BCUT2D eigenvalue weighted by Gasteiger charge is -2.21. The number of rotatable bonds is 5. The largest absolute Gasteiger partial charge is 0.496 e. The number of benzene rings is 1. The molecular formula is C13H18O4. The molecular weight excluding hydrogens is 220 g/mol. The molecule has 1 aromatic carbocycles. The van der Waals surface area contributed by atoms with Crippen LogP contribution in [0.2, 0.25) is 0 Å². The molecule has 0 saturated heterocycles. The standard InChI is InChI=1S/C13H18O4/c1-5-9(15)13-11(17-4)7-6-10(16-3)12(13)8(2)14/h5-9,14-15H,1H2,2-4H3/t8-,9+/m0/s1. The highest BCUT2D eigenvalue weighted by molar-refractivity contribution is 5.51. The third-order valence-corrected chi connectivity index (χ3v) is 2.58. The van der Waals surface area contributed by atoms with Crippen LogP contribution >= 0.6 is 0 Å². The van der Waals surface area contributed by atoms with Gasteiger partial charge >= 0.3 is 0 Å². The quantitative estimate of drug-likeness (QED) is 0.770. The molecule has 2 N–H and O–H groups in total. The third kappa shape index (κ3) is 2.60. The van der Waals surface area contributed by atoms with Crippen LogP contribution in [0.1, 0.15) is 30.3 Å². The molecule has 0 unspecified atom stereocenters. The van der Waals surface area contributed by atoms with Gasteiger partial charge in [0.05, 0.1) is 20.3 Å². The van der Waals surface area contributed by atoms with Crippen molar-refractivity contribution in [2.45, 2.75) is 19.1 Å². The molecule has 0 bridgehead atoms. The predicted octanol–water partition coefficient (Wildman–Crippen LogP) is 1.98. The number of hydrogen-bond donors (Lipinski definition) is 2. The summed E-state index contributed by atoms with van der Waals surface area (Å²) in [7, 11) is 3.02. The van der Waals surface area contributed by atoms with E-state index in [0.717, 1.165) is 0 Å². The molecule has 0 saturated carbocycles. The highest BCUT2D eigenvalue weighted by Gasteiger charge is 2.22. The van der Waals surface area contributed by atoms with Crippen molar-refractivity contribution in [3.8, 4) is 11.5 Å². The van der Waals surface area contributed by atoms with E-state index in [2.05, 4.69) is 6.58 Å². The van der Waals surface area contributed by atoms with E-state index in [1.54, 1.807) is 19.1 Å². The lowest BCUT2D eigenvalue weighted by Crippen LogP contribution is -2.07. The third-order valence-electron chi connectivity index (χ3n) is 2.58. The zero-order valence-electron chi connectivity index (χ0n) is 10.3. The van der Waals surface area contributed by atoms with Gasteiger partial charge in [-0.05, 0) is 19.1 Å². The molecule has 0 amide bonds. The zero-order chi connectivity index (χ0) is 13.0. The van der Waals surface area contributed by atoms with Crippen LogP contribution in [0.25, 0.3) is 0 Å². The van der Waals surface area contributed by atoms with Gasteiger partial charge in [0.25, 0.3) is 0 Å². The van der Waals surface area contributed by atoms with Crippen molar-refractivity contribution in [3.63, 3.8) is 0 Å². The first-order valence-electron chi connectivity index (χ1n) is 5.30. The van der Waals surface area contributed by atoms with Crippen molar-refractivity contribution in [3.05, 3.63) is 35.9 Å². The van der Waals surface area contributed by atoms with Crippen molar-refractivity contribution < 1.29 is 19.7 Å². The summed E-state index contributed by atoms with van der Waals surface area (Å²) in [5.74, 6) is 1.01. The van der Waals surface area contributed by atoms with Crippen LogP contribution < -0.4 is 9.47 Å². The monoisotopic (exact) mass is 238 g/mol. The Kier molecular flexibility index (Phi) is 4.54. The van der Waals surface area contributed by atoms with Gasteiger partial charge in [-0.1, -0.05) is 6.08 Å². The summed E-state index contributed by atoms with van der Waals surface area (Å²) < 4.78 is 10.4. The number of hydrogen-bond acceptors (Lipinski definition) is 4. The second-order valence-electron chi connectivity index (χ2n) is 3.65. The average molecular weight is 238 g/mol. The molecule has 0 aliphatic carbocycles. The maximum atomic E-state index is 9.93. The first-order valence-corrected chi connectivity index (χ1v) is 5.30. The van der Waals surface area contributed by atoms with Crippen molar-refractivity contribution in [2.75, 3.05) is 14.2 Å². The zero-order valence-corrected chi connectivity index (χ0v) is 10.3. The van der Waals surface area contributed by atoms with E-state index < -0.39 is 12.2 Å². The van der Waals surface area contributed by atoms with E-state index in [0.29, 0.717) is 22.6 Å². The maximum Gasteiger partial charge on any atom is 0.125 e. The molecule has 1 aromatic rings. The van der Waals surface area contributed by atoms with Crippen molar-refractivity contribution in [2.24, 2.45) is 0 Å². The van der Waals surface area contributed by atoms with E-state index in [1.165, 1.54) is 20.3 Å². The first-order chi connectivity index (χ1) is 8.06. The molecule has 0 spiro atoms. The molecule has 94 valence electrons. The molecule has 0 aromatic heterocycles. The van der Waals surface area contributed by atoms with Crippen LogP contribution in [0.15, 0.2) is 24.8 Å². The van der Waals surface area contributed by atoms with Crippen LogP contribution in [0.3, 0.4) is 0 Å². The molecule has 4 heteroatoms. The van der Waals surface area contributed by atoms with Crippen LogP contribution in [-0.2, 0) is 0 Å². The second-order valence-corrected chi connectivity index (χ2v) is 3.65. The molecule has 0 radical (unpaired) electrons. The van der Waals surface area contributed by atoms with Gasteiger partial charge in [0.15, 0.2) is 0 Å². The Morgan fingerprint density at radius 2 is 1.59 bits per heavy atom. The second kappa shape index (κ2) is 5.70. The molecule has 1 rings (SSSR count). The van der Waals surface area contributed by atoms with Gasteiger partial charge in [0, 0.05) is 11.1 Å². The number of aliphatic hydroxyl groups is 2. The van der Waals surface area contributed by atoms with Crippen molar-refractivity contribution in [1.29, 1.82) is 0 Å². The minimum absolute atomic E-state index is 0.483. The fraction of sp³-hybridized carbons (Fsp3) is 0.385. The van der Waals surface area contributed by atoms with Crippen LogP contribution in [0, 0.1) is 0 Å². The number of aliphatic hydroxyl groups excluding tert-OH is 2. The minimum atomic E-state index is -0.912.